The third-order valence-corrected chi connectivity index (χ3v) is 0. The summed E-state index contributed by atoms with van der Waals surface area (Å²) in [5.74, 6) is 0. The van der Waals surface area contributed by atoms with Crippen LogP contribution in [0.2, 0.25) is 0 Å². The van der Waals surface area contributed by atoms with E-state index in [4.69, 9.17) is 0 Å². The first-order chi connectivity index (χ1) is 2.24. The van der Waals surface area contributed by atoms with Crippen LogP contribution >= 0.6 is 0 Å². The molecule has 0 atom stereocenters. The summed E-state index contributed by atoms with van der Waals surface area (Å²) in [5.41, 5.74) is 0. The van der Waals surface area contributed by atoms with Gasteiger partial charge in [-0.2, -0.15) is 0 Å². The fraction of sp³-hybridized carbons (Fsp3) is 0. The van der Waals surface area contributed by atoms with Gasteiger partial charge >= 0.3 is 39.2 Å². The summed E-state index contributed by atoms with van der Waals surface area (Å²) < 4.78 is 28.2. The Balaban J connectivity index is -0.000000125. The molecule has 0 spiro atoms. The summed E-state index contributed by atoms with van der Waals surface area (Å²) in [6.45, 7) is 0. The van der Waals surface area contributed by atoms with Crippen LogP contribution in [0.3, 0.4) is 0 Å². The Labute approximate surface area is 39.9 Å². The molecule has 0 amide bonds. The van der Waals surface area contributed by atoms with Crippen LogP contribution in [0.5, 0.6) is 0 Å². The molecule has 0 fully saturated rings. The molecule has 6 heteroatoms. The van der Waals surface area contributed by atoms with Crippen LogP contribution < -0.4 is 17.2 Å². The second kappa shape index (κ2) is 0.936. The number of nitrogens with two attached hydrogens (primary N) is 4. The van der Waals surface area contributed by atoms with Crippen molar-refractivity contribution in [2.75, 3.05) is 0 Å². The van der Waals surface area contributed by atoms with Gasteiger partial charge in [0, 0.05) is 0 Å². The standard InChI is InChI=1S/4H2N.O.Pt/h4*1H2;;/q4*-1;;+4/p+2. The van der Waals surface area contributed by atoms with Gasteiger partial charge in [0.05, 0.1) is 0 Å². The van der Waals surface area contributed by atoms with Crippen molar-refractivity contribution in [1.82, 2.24) is 0 Å². The first-order valence-corrected chi connectivity index (χ1v) is 7.03. The van der Waals surface area contributed by atoms with E-state index in [1.165, 1.54) is 0 Å². The molecule has 0 heterocycles. The minimum absolute atomic E-state index is 0. The first kappa shape index (κ1) is 6.33. The fourth-order valence-corrected chi connectivity index (χ4v) is 0. The van der Waals surface area contributed by atoms with Gasteiger partial charge in [0.2, 0.25) is 0 Å². The third kappa shape index (κ3) is 445. The van der Waals surface area contributed by atoms with Crippen molar-refractivity contribution < 1.29 is 22.0 Å². The molecule has 0 aromatic heterocycles. The van der Waals surface area contributed by atoms with Gasteiger partial charge in [0.15, 0.2) is 0 Å². The van der Waals surface area contributed by atoms with E-state index in [0.29, 0.717) is 0 Å². The van der Waals surface area contributed by atoms with Crippen molar-refractivity contribution in [3.05, 3.63) is 0 Å². The predicted octanol–water partition coefficient (Wildman–Crippen LogP) is -2.26. The summed E-state index contributed by atoms with van der Waals surface area (Å²) in [4.78, 5) is 0. The second-order valence-electron chi connectivity index (χ2n) is 0.931. The van der Waals surface area contributed by atoms with E-state index in [2.05, 4.69) is 17.2 Å². The zero-order valence-corrected chi connectivity index (χ0v) is 5.31. The van der Waals surface area contributed by atoms with Crippen molar-refractivity contribution in [3.8, 4) is 0 Å². The van der Waals surface area contributed by atoms with Gasteiger partial charge in [-0.05, 0) is 0 Å². The van der Waals surface area contributed by atoms with Gasteiger partial charge in [-0.1, -0.05) is 0 Å². The van der Waals surface area contributed by atoms with Crippen LogP contribution in [0.15, 0.2) is 0 Å². The molecule has 0 radical (unpaired) electrons. The predicted molar refractivity (Wildman–Crippen MR) is 19.7 cm³/mol. The van der Waals surface area contributed by atoms with E-state index in [1.807, 2.05) is 0 Å². The van der Waals surface area contributed by atoms with Crippen molar-refractivity contribution in [1.29, 1.82) is 0 Å². The Morgan fingerprint density at radius 3 is 1.17 bits per heavy atom. The Morgan fingerprint density at radius 1 is 1.17 bits per heavy atom. The molecule has 0 bridgehead atoms. The molecule has 0 aromatic rings. The SMILES string of the molecule is [H+].[H+].[NH2][Pt]([NH2])([NH2])([NH2])=[O]. The molecule has 0 rings (SSSR count). The van der Waals surface area contributed by atoms with Crippen LogP contribution in [-0.4, -0.2) is 0 Å². The molecule has 0 aromatic carbocycles. The van der Waals surface area contributed by atoms with E-state index < -0.39 is 15.8 Å². The Kier molecular flexibility index (Phi) is 0.987. The molecule has 0 aliphatic heterocycles. The molecular weight excluding hydrogens is 267 g/mol. The average molecular weight is 277 g/mol. The molecule has 0 unspecified atom stereocenters. The summed E-state index contributed by atoms with van der Waals surface area (Å²) in [5, 5.41) is 0. The molecule has 0 aliphatic carbocycles. The van der Waals surface area contributed by atoms with E-state index in [9.17, 15) is 3.40 Å². The van der Waals surface area contributed by atoms with Crippen LogP contribution in [-0.2, 0) is 19.2 Å². The van der Waals surface area contributed by atoms with Gasteiger partial charge in [0.25, 0.3) is 0 Å². The molecule has 0 saturated carbocycles. The molecule has 6 heavy (non-hydrogen) atoms. The molecule has 0 saturated heterocycles. The quantitative estimate of drug-likeness (QED) is 0.398. The van der Waals surface area contributed by atoms with E-state index in [0.717, 1.165) is 0 Å². The van der Waals surface area contributed by atoms with Crippen LogP contribution in [0, 0.1) is 0 Å². The van der Waals surface area contributed by atoms with Gasteiger partial charge in [-0.25, -0.2) is 0 Å². The summed E-state index contributed by atoms with van der Waals surface area (Å²) >= 11 is -4.80. The third-order valence-electron chi connectivity index (χ3n) is 0. The Morgan fingerprint density at radius 2 is 1.17 bits per heavy atom. The Bertz CT molecular complexity index is 91.7. The topological polar surface area (TPSA) is 121 Å². The normalized spacial score (nSPS) is 19.0. The summed E-state index contributed by atoms with van der Waals surface area (Å²) in [7, 11) is 0. The van der Waals surface area contributed by atoms with E-state index >= 15 is 0 Å². The minimum atomic E-state index is -4.80. The number of rotatable bonds is 0. The van der Waals surface area contributed by atoms with Crippen LogP contribution in [0.25, 0.3) is 0 Å². The molecular formula is H10N4OPt+2. The van der Waals surface area contributed by atoms with Gasteiger partial charge in [-0.15, -0.1) is 0 Å². The van der Waals surface area contributed by atoms with Crippen LogP contribution in [0.1, 0.15) is 2.85 Å². The monoisotopic (exact) mass is 277 g/mol. The van der Waals surface area contributed by atoms with Gasteiger partial charge in [0.1, 0.15) is 0 Å². The molecule has 8 N–H and O–H groups in total. The molecule has 0 aliphatic rings. The first-order valence-electron chi connectivity index (χ1n) is 0.859. The maximum atomic E-state index is 9.98. The number of hydrogen-bond acceptors (Lipinski definition) is 1. The second-order valence-corrected chi connectivity index (χ2v) is 7.62. The summed E-state index contributed by atoms with van der Waals surface area (Å²) in [6, 6.07) is 0. The molecule has 5 nitrogen and oxygen atoms in total. The van der Waals surface area contributed by atoms with E-state index in [1.54, 1.807) is 0 Å². The maximum absolute atomic E-state index is 9.98. The Hall–Kier alpha value is 0.328. The molecule has 44 valence electrons. The summed E-state index contributed by atoms with van der Waals surface area (Å²) in [6.07, 6.45) is 0. The van der Waals surface area contributed by atoms with Crippen molar-refractivity contribution in [3.63, 3.8) is 0 Å². The van der Waals surface area contributed by atoms with Gasteiger partial charge < -0.3 is 0 Å². The zero-order valence-electron chi connectivity index (χ0n) is 5.03. The fourth-order valence-electron chi connectivity index (χ4n) is 0. The number of hydrogen-bond donors (Lipinski definition) is 4. The average Bonchev–Trinajstić information content (AvgIpc) is 0.650. The zero-order chi connectivity index (χ0) is 5.45. The van der Waals surface area contributed by atoms with Crippen molar-refractivity contribution in [2.24, 2.45) is 17.2 Å². The van der Waals surface area contributed by atoms with Crippen molar-refractivity contribution >= 4 is 0 Å². The van der Waals surface area contributed by atoms with Gasteiger partial charge in [-0.3, -0.25) is 0 Å². The van der Waals surface area contributed by atoms with E-state index in [-0.39, 0.29) is 2.85 Å². The van der Waals surface area contributed by atoms with Crippen molar-refractivity contribution in [2.45, 2.75) is 0 Å². The van der Waals surface area contributed by atoms with Crippen LogP contribution in [0.4, 0.5) is 0 Å².